The van der Waals surface area contributed by atoms with Crippen LogP contribution in [0.1, 0.15) is 24.0 Å². The molecule has 0 bridgehead atoms. The van der Waals surface area contributed by atoms with Gasteiger partial charge in [0.05, 0.1) is 0 Å². The SMILES string of the molecule is Cl.Cl.FC(F)(F)Oc1ccc(-c2cn(CC3CCNCC3)c3ccc(CN4CCN(Cc5ccccc5Cl)CC4)cc23)cc1. The lowest BCUT2D eigenvalue weighted by molar-refractivity contribution is -0.274. The molecule has 2 saturated heterocycles. The molecule has 2 fully saturated rings. The summed E-state index contributed by atoms with van der Waals surface area (Å²) < 4.78 is 44.6. The first kappa shape index (κ1) is 34.4. The summed E-state index contributed by atoms with van der Waals surface area (Å²) in [6.45, 7) is 8.64. The first-order valence-corrected chi connectivity index (χ1v) is 15.1. The highest BCUT2D eigenvalue weighted by Gasteiger charge is 2.31. The van der Waals surface area contributed by atoms with E-state index in [2.05, 4.69) is 54.9 Å². The third-order valence-corrected chi connectivity index (χ3v) is 8.85. The highest BCUT2D eigenvalue weighted by Crippen LogP contribution is 2.35. The molecule has 3 heterocycles. The van der Waals surface area contributed by atoms with Gasteiger partial charge in [-0.25, -0.2) is 0 Å². The number of piperidine rings is 1. The van der Waals surface area contributed by atoms with Gasteiger partial charge in [0.25, 0.3) is 0 Å². The second kappa shape index (κ2) is 15.2. The Labute approximate surface area is 274 Å². The average molecular weight is 670 g/mol. The largest absolute Gasteiger partial charge is 0.573 e. The number of piperazine rings is 1. The Morgan fingerprint density at radius 3 is 2.16 bits per heavy atom. The highest BCUT2D eigenvalue weighted by atomic mass is 35.5. The fraction of sp³-hybridized carbons (Fsp3) is 0.394. The van der Waals surface area contributed by atoms with Crippen molar-refractivity contribution in [3.63, 3.8) is 0 Å². The number of nitrogens with one attached hydrogen (secondary N) is 1. The number of nitrogens with zero attached hydrogens (tertiary/aromatic N) is 3. The summed E-state index contributed by atoms with van der Waals surface area (Å²) in [5.41, 5.74) is 5.47. The van der Waals surface area contributed by atoms with Gasteiger partial charge >= 0.3 is 6.36 Å². The summed E-state index contributed by atoms with van der Waals surface area (Å²) in [7, 11) is 0. The van der Waals surface area contributed by atoms with E-state index in [0.29, 0.717) is 5.92 Å². The molecule has 4 aromatic rings. The number of alkyl halides is 3. The van der Waals surface area contributed by atoms with E-state index in [1.165, 1.54) is 17.7 Å². The van der Waals surface area contributed by atoms with Crippen molar-refractivity contribution < 1.29 is 17.9 Å². The lowest BCUT2D eigenvalue weighted by Crippen LogP contribution is -2.45. The van der Waals surface area contributed by atoms with Crippen LogP contribution in [0.5, 0.6) is 5.75 Å². The minimum absolute atomic E-state index is 0. The van der Waals surface area contributed by atoms with Crippen molar-refractivity contribution in [1.29, 1.82) is 0 Å². The lowest BCUT2D eigenvalue weighted by atomic mass is 9.98. The number of rotatable bonds is 8. The van der Waals surface area contributed by atoms with E-state index in [-0.39, 0.29) is 30.6 Å². The van der Waals surface area contributed by atoms with E-state index < -0.39 is 6.36 Å². The second-order valence-corrected chi connectivity index (χ2v) is 11.9. The molecular weight excluding hydrogens is 632 g/mol. The van der Waals surface area contributed by atoms with Crippen molar-refractivity contribution in [1.82, 2.24) is 19.7 Å². The van der Waals surface area contributed by atoms with E-state index in [1.807, 2.05) is 18.2 Å². The summed E-state index contributed by atoms with van der Waals surface area (Å²) >= 11 is 6.38. The van der Waals surface area contributed by atoms with Crippen LogP contribution < -0.4 is 10.1 Å². The molecule has 6 rings (SSSR count). The Morgan fingerprint density at radius 2 is 1.50 bits per heavy atom. The van der Waals surface area contributed by atoms with Crippen LogP contribution in [0, 0.1) is 5.92 Å². The molecule has 11 heteroatoms. The summed E-state index contributed by atoms with van der Waals surface area (Å²) in [6, 6.07) is 21.0. The molecule has 2 aliphatic rings. The number of hydrogen-bond acceptors (Lipinski definition) is 4. The molecular formula is C33H38Cl3F3N4O. The van der Waals surface area contributed by atoms with E-state index in [4.69, 9.17) is 11.6 Å². The summed E-state index contributed by atoms with van der Waals surface area (Å²) in [6.07, 6.45) is -0.261. The normalized spacial score (nSPS) is 16.8. The van der Waals surface area contributed by atoms with Crippen LogP contribution in [0.15, 0.2) is 72.9 Å². The number of hydrogen-bond donors (Lipinski definition) is 1. The van der Waals surface area contributed by atoms with E-state index >= 15 is 0 Å². The van der Waals surface area contributed by atoms with Crippen molar-refractivity contribution in [3.05, 3.63) is 89.1 Å². The summed E-state index contributed by atoms with van der Waals surface area (Å²) in [5.74, 6) is 0.387. The minimum Gasteiger partial charge on any atom is -0.406 e. The summed E-state index contributed by atoms with van der Waals surface area (Å²) in [4.78, 5) is 4.94. The zero-order chi connectivity index (χ0) is 29.1. The Bertz CT molecular complexity index is 1500. The topological polar surface area (TPSA) is 32.7 Å². The van der Waals surface area contributed by atoms with Crippen molar-refractivity contribution in [2.24, 2.45) is 5.92 Å². The van der Waals surface area contributed by atoms with Crippen LogP contribution in [-0.2, 0) is 19.6 Å². The van der Waals surface area contributed by atoms with Gasteiger partial charge in [-0.3, -0.25) is 9.80 Å². The zero-order valence-electron chi connectivity index (χ0n) is 24.4. The number of benzene rings is 3. The molecule has 0 unspecified atom stereocenters. The quantitative estimate of drug-likeness (QED) is 0.206. The number of fused-ring (bicyclic) bond motifs is 1. The zero-order valence-corrected chi connectivity index (χ0v) is 26.8. The highest BCUT2D eigenvalue weighted by molar-refractivity contribution is 6.31. The first-order chi connectivity index (χ1) is 20.3. The molecule has 238 valence electrons. The molecule has 1 aromatic heterocycles. The molecule has 0 spiro atoms. The second-order valence-electron chi connectivity index (χ2n) is 11.5. The Balaban J connectivity index is 0.00000221. The fourth-order valence-corrected chi connectivity index (χ4v) is 6.43. The predicted octanol–water partition coefficient (Wildman–Crippen LogP) is 8.02. The van der Waals surface area contributed by atoms with Crippen LogP contribution in [0.3, 0.4) is 0 Å². The standard InChI is InChI=1S/C33H36ClF3N4O.2ClH/c34-31-4-2-1-3-27(31)22-40-17-15-39(16-18-40)20-25-5-10-32-29(19-25)30(23-41(32)21-24-11-13-38-14-12-24)26-6-8-28(9-7-26)42-33(35,36)37;;/h1-10,19,23-24,38H,11-18,20-22H2;2*1H. The molecule has 0 aliphatic carbocycles. The van der Waals surface area contributed by atoms with E-state index in [1.54, 1.807) is 12.1 Å². The molecule has 44 heavy (non-hydrogen) atoms. The van der Waals surface area contributed by atoms with Crippen LogP contribution in [-0.4, -0.2) is 60.0 Å². The van der Waals surface area contributed by atoms with Crippen LogP contribution >= 0.6 is 36.4 Å². The number of aromatic nitrogens is 1. The Kier molecular flexibility index (Phi) is 11.9. The van der Waals surface area contributed by atoms with Gasteiger partial charge in [0.1, 0.15) is 5.75 Å². The molecule has 5 nitrogen and oxygen atoms in total. The van der Waals surface area contributed by atoms with Gasteiger partial charge < -0.3 is 14.6 Å². The van der Waals surface area contributed by atoms with E-state index in [9.17, 15) is 13.2 Å². The van der Waals surface area contributed by atoms with Crippen molar-refractivity contribution in [3.8, 4) is 16.9 Å². The van der Waals surface area contributed by atoms with Crippen molar-refractivity contribution >= 4 is 47.3 Å². The molecule has 1 N–H and O–H groups in total. The fourth-order valence-electron chi connectivity index (χ4n) is 6.23. The van der Waals surface area contributed by atoms with E-state index in [0.717, 1.165) is 104 Å². The van der Waals surface area contributed by atoms with Crippen LogP contribution in [0.25, 0.3) is 22.0 Å². The maximum absolute atomic E-state index is 12.7. The van der Waals surface area contributed by atoms with Crippen molar-refractivity contribution in [2.75, 3.05) is 39.3 Å². The minimum atomic E-state index is -4.71. The molecule has 2 aliphatic heterocycles. The van der Waals surface area contributed by atoms with Gasteiger partial charge in [-0.1, -0.05) is 48.0 Å². The van der Waals surface area contributed by atoms with Crippen LogP contribution in [0.4, 0.5) is 13.2 Å². The third-order valence-electron chi connectivity index (χ3n) is 8.48. The summed E-state index contributed by atoms with van der Waals surface area (Å²) in [5, 5.41) is 5.38. The smallest absolute Gasteiger partial charge is 0.406 e. The molecule has 0 saturated carbocycles. The molecule has 3 aromatic carbocycles. The Hall–Kier alpha value is -2.46. The van der Waals surface area contributed by atoms with Crippen molar-refractivity contribution in [2.45, 2.75) is 38.8 Å². The van der Waals surface area contributed by atoms with Gasteiger partial charge in [0.2, 0.25) is 0 Å². The maximum Gasteiger partial charge on any atom is 0.573 e. The number of ether oxygens (including phenoxy) is 1. The third kappa shape index (κ3) is 8.62. The van der Waals surface area contributed by atoms with Gasteiger partial charge in [0, 0.05) is 73.5 Å². The maximum atomic E-state index is 12.7. The van der Waals surface area contributed by atoms with Gasteiger partial charge in [-0.05, 0) is 78.9 Å². The molecule has 0 atom stereocenters. The lowest BCUT2D eigenvalue weighted by Gasteiger charge is -2.35. The van der Waals surface area contributed by atoms with Gasteiger partial charge in [-0.15, -0.1) is 38.0 Å². The molecule has 0 radical (unpaired) electrons. The van der Waals surface area contributed by atoms with Gasteiger partial charge in [-0.2, -0.15) is 0 Å². The molecule has 0 amide bonds. The Morgan fingerprint density at radius 1 is 0.841 bits per heavy atom. The van der Waals surface area contributed by atoms with Crippen LogP contribution in [0.2, 0.25) is 5.02 Å². The first-order valence-electron chi connectivity index (χ1n) is 14.7. The average Bonchev–Trinajstić information content (AvgIpc) is 3.33. The number of halogens is 6. The van der Waals surface area contributed by atoms with Gasteiger partial charge in [0.15, 0.2) is 0 Å². The monoisotopic (exact) mass is 668 g/mol. The predicted molar refractivity (Wildman–Crippen MR) is 176 cm³/mol.